The van der Waals surface area contributed by atoms with E-state index < -0.39 is 28.9 Å². The summed E-state index contributed by atoms with van der Waals surface area (Å²) in [5.74, 6) is -1.94. The highest BCUT2D eigenvalue weighted by Crippen LogP contribution is 2.26. The number of nitrogens with zero attached hydrogens (tertiary/aromatic N) is 3. The number of aromatic nitrogens is 3. The van der Waals surface area contributed by atoms with Crippen LogP contribution in [0, 0.1) is 11.6 Å². The Labute approximate surface area is 159 Å². The maximum Gasteiger partial charge on any atom is 0.262 e. The van der Waals surface area contributed by atoms with Crippen molar-refractivity contribution in [2.24, 2.45) is 0 Å². The molecule has 0 saturated heterocycles. The Morgan fingerprint density at radius 3 is 2.61 bits per heavy atom. The molecule has 0 unspecified atom stereocenters. The number of amides is 1. The molecule has 0 saturated carbocycles. The smallest absolute Gasteiger partial charge is 0.262 e. The molecule has 3 aromatic rings. The van der Waals surface area contributed by atoms with Crippen molar-refractivity contribution in [3.05, 3.63) is 59.4 Å². The molecule has 2 aromatic carbocycles. The lowest BCUT2D eigenvalue weighted by atomic mass is 10.1. The van der Waals surface area contributed by atoms with E-state index in [9.17, 15) is 18.7 Å². The third kappa shape index (κ3) is 3.45. The third-order valence-corrected chi connectivity index (χ3v) is 4.77. The predicted octanol–water partition coefficient (Wildman–Crippen LogP) is 3.91. The van der Waals surface area contributed by atoms with Crippen LogP contribution < -0.4 is 5.32 Å². The summed E-state index contributed by atoms with van der Waals surface area (Å²) < 4.78 is 29.0. The lowest BCUT2D eigenvalue weighted by molar-refractivity contribution is 0.102. The number of phenolic OH excluding ortho intramolecular Hbond substituents is 1. The van der Waals surface area contributed by atoms with Crippen LogP contribution in [0.4, 0.5) is 14.5 Å². The van der Waals surface area contributed by atoms with Gasteiger partial charge < -0.3 is 15.0 Å². The Hall–Kier alpha value is -3.29. The van der Waals surface area contributed by atoms with Crippen molar-refractivity contribution in [1.82, 2.24) is 14.8 Å². The first-order valence-electron chi connectivity index (χ1n) is 9.05. The number of halogens is 2. The predicted molar refractivity (Wildman–Crippen MR) is 99.0 cm³/mol. The summed E-state index contributed by atoms with van der Waals surface area (Å²) in [4.78, 5) is 12.3. The quantitative estimate of drug-likeness (QED) is 0.718. The fourth-order valence-corrected chi connectivity index (χ4v) is 3.38. The first kappa shape index (κ1) is 18.1. The van der Waals surface area contributed by atoms with Gasteiger partial charge in [-0.25, -0.2) is 8.78 Å². The third-order valence-electron chi connectivity index (χ3n) is 4.77. The van der Waals surface area contributed by atoms with E-state index in [1.54, 1.807) is 24.3 Å². The molecule has 1 aliphatic heterocycles. The van der Waals surface area contributed by atoms with E-state index in [0.29, 0.717) is 17.8 Å². The maximum absolute atomic E-state index is 13.8. The van der Waals surface area contributed by atoms with Gasteiger partial charge in [-0.05, 0) is 37.1 Å². The number of aromatic hydroxyl groups is 1. The van der Waals surface area contributed by atoms with Gasteiger partial charge in [-0.2, -0.15) is 0 Å². The first-order valence-corrected chi connectivity index (χ1v) is 9.05. The summed E-state index contributed by atoms with van der Waals surface area (Å²) in [6, 6.07) is 8.14. The molecule has 6 nitrogen and oxygen atoms in total. The summed E-state index contributed by atoms with van der Waals surface area (Å²) >= 11 is 0. The van der Waals surface area contributed by atoms with Crippen molar-refractivity contribution in [2.45, 2.75) is 32.2 Å². The largest absolute Gasteiger partial charge is 0.507 e. The van der Waals surface area contributed by atoms with E-state index in [1.165, 1.54) is 6.42 Å². The van der Waals surface area contributed by atoms with E-state index >= 15 is 0 Å². The number of aryl methyl sites for hydroxylation is 1. The zero-order valence-electron chi connectivity index (χ0n) is 15.0. The molecule has 1 aliphatic rings. The molecule has 144 valence electrons. The standard InChI is InChI=1S/C20H18F2N4O2/c21-13-10-15(22)18(16(27)11-13)20(28)23-14-7-5-12(6-8-14)19-25-24-17-4-2-1-3-9-26(17)19/h5-8,10-11,27H,1-4,9H2,(H,23,28). The van der Waals surface area contributed by atoms with Crippen molar-refractivity contribution >= 4 is 11.6 Å². The van der Waals surface area contributed by atoms with Gasteiger partial charge in [0.15, 0.2) is 5.82 Å². The van der Waals surface area contributed by atoms with Crippen LogP contribution >= 0.6 is 0 Å². The molecular formula is C20H18F2N4O2. The number of phenols is 1. The van der Waals surface area contributed by atoms with Crippen LogP contribution in [0.2, 0.25) is 0 Å². The van der Waals surface area contributed by atoms with Crippen LogP contribution in [0.3, 0.4) is 0 Å². The highest BCUT2D eigenvalue weighted by molar-refractivity contribution is 6.06. The molecule has 2 heterocycles. The van der Waals surface area contributed by atoms with Gasteiger partial charge in [0.05, 0.1) is 0 Å². The molecule has 0 spiro atoms. The summed E-state index contributed by atoms with van der Waals surface area (Å²) in [5.41, 5.74) is 0.662. The zero-order valence-corrected chi connectivity index (χ0v) is 15.0. The van der Waals surface area contributed by atoms with Crippen LogP contribution in [0.5, 0.6) is 5.75 Å². The van der Waals surface area contributed by atoms with Gasteiger partial charge in [-0.15, -0.1) is 10.2 Å². The summed E-state index contributed by atoms with van der Waals surface area (Å²) in [5, 5.41) is 20.7. The van der Waals surface area contributed by atoms with Gasteiger partial charge >= 0.3 is 0 Å². The highest BCUT2D eigenvalue weighted by Gasteiger charge is 2.19. The number of carbonyl (C=O) groups excluding carboxylic acids is 1. The lowest BCUT2D eigenvalue weighted by Crippen LogP contribution is -2.14. The van der Waals surface area contributed by atoms with E-state index in [2.05, 4.69) is 20.1 Å². The SMILES string of the molecule is O=C(Nc1ccc(-c2nnc3n2CCCCC3)cc1)c1c(O)cc(F)cc1F. The number of nitrogens with one attached hydrogen (secondary N) is 1. The van der Waals surface area contributed by atoms with Gasteiger partial charge in [0.25, 0.3) is 5.91 Å². The molecule has 0 fully saturated rings. The van der Waals surface area contributed by atoms with Crippen molar-refractivity contribution < 1.29 is 18.7 Å². The molecule has 28 heavy (non-hydrogen) atoms. The van der Waals surface area contributed by atoms with Gasteiger partial charge in [0, 0.05) is 36.3 Å². The van der Waals surface area contributed by atoms with Crippen LogP contribution in [-0.2, 0) is 13.0 Å². The average Bonchev–Trinajstić information content (AvgIpc) is 2.90. The molecule has 4 rings (SSSR count). The van der Waals surface area contributed by atoms with Gasteiger partial charge in [0.2, 0.25) is 0 Å². The second kappa shape index (κ2) is 7.38. The number of hydrogen-bond donors (Lipinski definition) is 2. The molecule has 0 bridgehead atoms. The number of benzene rings is 2. The van der Waals surface area contributed by atoms with Crippen LogP contribution in [-0.4, -0.2) is 25.8 Å². The van der Waals surface area contributed by atoms with Gasteiger partial charge in [-0.3, -0.25) is 4.79 Å². The van der Waals surface area contributed by atoms with E-state index in [1.807, 2.05) is 0 Å². The van der Waals surface area contributed by atoms with Crippen molar-refractivity contribution in [2.75, 3.05) is 5.32 Å². The topological polar surface area (TPSA) is 80.0 Å². The normalized spacial score (nSPS) is 13.6. The Morgan fingerprint density at radius 2 is 1.86 bits per heavy atom. The number of carbonyl (C=O) groups is 1. The molecule has 0 atom stereocenters. The van der Waals surface area contributed by atoms with Crippen LogP contribution in [0.15, 0.2) is 36.4 Å². The first-order chi connectivity index (χ1) is 13.5. The number of anilines is 1. The molecular weight excluding hydrogens is 366 g/mol. The van der Waals surface area contributed by atoms with E-state index in [0.717, 1.165) is 43.0 Å². The van der Waals surface area contributed by atoms with Crippen LogP contribution in [0.25, 0.3) is 11.4 Å². The number of hydrogen-bond acceptors (Lipinski definition) is 4. The molecule has 0 radical (unpaired) electrons. The molecule has 0 aliphatic carbocycles. The summed E-state index contributed by atoms with van der Waals surface area (Å²) in [7, 11) is 0. The minimum atomic E-state index is -1.13. The van der Waals surface area contributed by atoms with E-state index in [4.69, 9.17) is 0 Å². The monoisotopic (exact) mass is 384 g/mol. The second-order valence-corrected chi connectivity index (χ2v) is 6.72. The van der Waals surface area contributed by atoms with Gasteiger partial charge in [0.1, 0.15) is 28.8 Å². The minimum absolute atomic E-state index is 0.410. The van der Waals surface area contributed by atoms with E-state index in [-0.39, 0.29) is 0 Å². The molecule has 2 N–H and O–H groups in total. The Kier molecular flexibility index (Phi) is 4.77. The highest BCUT2D eigenvalue weighted by atomic mass is 19.1. The summed E-state index contributed by atoms with van der Waals surface area (Å²) in [6.45, 7) is 0.874. The van der Waals surface area contributed by atoms with Crippen LogP contribution in [0.1, 0.15) is 35.4 Å². The van der Waals surface area contributed by atoms with Crippen molar-refractivity contribution in [3.63, 3.8) is 0 Å². The number of rotatable bonds is 3. The zero-order chi connectivity index (χ0) is 19.7. The van der Waals surface area contributed by atoms with Crippen molar-refractivity contribution in [3.8, 4) is 17.1 Å². The molecule has 8 heteroatoms. The fourth-order valence-electron chi connectivity index (χ4n) is 3.38. The van der Waals surface area contributed by atoms with Crippen molar-refractivity contribution in [1.29, 1.82) is 0 Å². The Morgan fingerprint density at radius 1 is 1.07 bits per heavy atom. The molecule has 1 aromatic heterocycles. The maximum atomic E-state index is 13.8. The Balaban J connectivity index is 1.55. The Bertz CT molecular complexity index is 1010. The second-order valence-electron chi connectivity index (χ2n) is 6.72. The fraction of sp³-hybridized carbons (Fsp3) is 0.250. The molecule has 1 amide bonds. The number of fused-ring (bicyclic) bond motifs is 1. The lowest BCUT2D eigenvalue weighted by Gasteiger charge is -2.10. The minimum Gasteiger partial charge on any atom is -0.507 e. The average molecular weight is 384 g/mol. The summed E-state index contributed by atoms with van der Waals surface area (Å²) in [6.07, 6.45) is 4.27. The van der Waals surface area contributed by atoms with Gasteiger partial charge in [-0.1, -0.05) is 6.42 Å².